The van der Waals surface area contributed by atoms with E-state index in [2.05, 4.69) is 20.4 Å². The number of carbonyl (C=O) groups is 1. The third-order valence-electron chi connectivity index (χ3n) is 4.89. The molecule has 1 aromatic heterocycles. The minimum atomic E-state index is -0.0498. The number of nitrogens with zero attached hydrogens (tertiary/aromatic N) is 2. The van der Waals surface area contributed by atoms with E-state index in [1.54, 1.807) is 0 Å². The molecule has 2 N–H and O–H groups in total. The van der Waals surface area contributed by atoms with E-state index in [0.29, 0.717) is 11.6 Å². The summed E-state index contributed by atoms with van der Waals surface area (Å²) in [6.07, 6.45) is 3.68. The number of hydrogen-bond acceptors (Lipinski definition) is 3. The number of fused-ring (bicyclic) bond motifs is 5. The molecule has 3 saturated heterocycles. The van der Waals surface area contributed by atoms with Crippen LogP contribution in [0, 0.1) is 5.92 Å². The van der Waals surface area contributed by atoms with Crippen LogP contribution in [0.1, 0.15) is 31.2 Å². The molecule has 0 spiro atoms. The van der Waals surface area contributed by atoms with Crippen molar-refractivity contribution >= 4 is 16.8 Å². The lowest BCUT2D eigenvalue weighted by molar-refractivity contribution is 0.0876. The number of rotatable bonds is 2. The van der Waals surface area contributed by atoms with Crippen molar-refractivity contribution < 1.29 is 6.22 Å². The minimum Gasteiger partial charge on any atom is -0.346 e. The van der Waals surface area contributed by atoms with E-state index in [0.717, 1.165) is 17.4 Å². The topological polar surface area (TPSA) is 61.0 Å². The Kier molecular flexibility index (Phi) is 3.15. The van der Waals surface area contributed by atoms with Gasteiger partial charge in [-0.25, -0.2) is 0 Å². The number of benzene rings is 1. The normalized spacial score (nSPS) is 28.5. The Hall–Kier alpha value is -1.88. The highest BCUT2D eigenvalue weighted by atomic mass is 16.2. The van der Waals surface area contributed by atoms with Crippen LogP contribution in [0.5, 0.6) is 0 Å². The van der Waals surface area contributed by atoms with Crippen molar-refractivity contribution in [3.63, 3.8) is 0 Å². The molecule has 3 fully saturated rings. The largest absolute Gasteiger partial charge is 0.346 e. The zero-order valence-corrected chi connectivity index (χ0v) is 12.0. The van der Waals surface area contributed by atoms with Crippen LogP contribution in [0.2, 0.25) is 0 Å². The smallest absolute Gasteiger partial charge is 0.272 e. The first kappa shape index (κ1) is 12.8. The van der Waals surface area contributed by atoms with Crippen molar-refractivity contribution in [1.82, 2.24) is 20.4 Å². The van der Waals surface area contributed by atoms with Crippen LogP contribution in [0.4, 0.5) is 0 Å². The standard InChI is InChI=1S/C16H20N4O.H2/c21-16(15-12-5-1-2-6-13(12)18-19-15)17-14-10-20-8-3-4-11(14)7-9-20;/h1-2,5-6,11,14H,3-4,7-10H2,(H,17,21)(H,18,19);1H/t11?,14-;/m1./s1. The third kappa shape index (κ3) is 2.31. The fourth-order valence-electron chi connectivity index (χ4n) is 3.73. The maximum Gasteiger partial charge on any atom is 0.272 e. The first-order valence-corrected chi connectivity index (χ1v) is 7.77. The van der Waals surface area contributed by atoms with Crippen molar-refractivity contribution in [1.29, 1.82) is 0 Å². The maximum atomic E-state index is 12.6. The molecule has 0 radical (unpaired) electrons. The van der Waals surface area contributed by atoms with Crippen molar-refractivity contribution in [3.05, 3.63) is 30.0 Å². The molecule has 2 bridgehead atoms. The number of amides is 1. The van der Waals surface area contributed by atoms with Gasteiger partial charge in [-0.05, 0) is 44.3 Å². The van der Waals surface area contributed by atoms with Crippen molar-refractivity contribution in [3.8, 4) is 0 Å². The molecule has 1 amide bonds. The number of aromatic nitrogens is 2. The van der Waals surface area contributed by atoms with Gasteiger partial charge in [-0.1, -0.05) is 18.2 Å². The lowest BCUT2D eigenvalue weighted by Crippen LogP contribution is -2.50. The number of nitrogens with one attached hydrogen (secondary N) is 2. The fourth-order valence-corrected chi connectivity index (χ4v) is 3.73. The second-order valence-electron chi connectivity index (χ2n) is 6.19. The summed E-state index contributed by atoms with van der Waals surface area (Å²) in [5.41, 5.74) is 1.43. The number of piperidine rings is 1. The van der Waals surface area contributed by atoms with Gasteiger partial charge in [-0.2, -0.15) is 5.10 Å². The molecule has 4 heterocycles. The lowest BCUT2D eigenvalue weighted by Gasteiger charge is -2.35. The quantitative estimate of drug-likeness (QED) is 0.888. The molecule has 3 aliphatic heterocycles. The molecule has 112 valence electrons. The molecule has 2 unspecified atom stereocenters. The molecule has 3 atom stereocenters. The van der Waals surface area contributed by atoms with E-state index in [9.17, 15) is 4.79 Å². The molecule has 2 aromatic rings. The highest BCUT2D eigenvalue weighted by molar-refractivity contribution is 6.04. The number of aromatic amines is 1. The van der Waals surface area contributed by atoms with Gasteiger partial charge in [0.1, 0.15) is 0 Å². The van der Waals surface area contributed by atoms with Crippen LogP contribution >= 0.6 is 0 Å². The summed E-state index contributed by atoms with van der Waals surface area (Å²) in [5, 5.41) is 11.2. The summed E-state index contributed by atoms with van der Waals surface area (Å²) in [5.74, 6) is 0.573. The van der Waals surface area contributed by atoms with Gasteiger partial charge < -0.3 is 10.2 Å². The summed E-state index contributed by atoms with van der Waals surface area (Å²) >= 11 is 0. The Morgan fingerprint density at radius 3 is 3.19 bits per heavy atom. The summed E-state index contributed by atoms with van der Waals surface area (Å²) in [4.78, 5) is 15.0. The Labute approximate surface area is 125 Å². The molecule has 5 heteroatoms. The third-order valence-corrected chi connectivity index (χ3v) is 4.89. The predicted octanol–water partition coefficient (Wildman–Crippen LogP) is 2.02. The Morgan fingerprint density at radius 1 is 1.33 bits per heavy atom. The fraction of sp³-hybridized carbons (Fsp3) is 0.500. The van der Waals surface area contributed by atoms with E-state index >= 15 is 0 Å². The van der Waals surface area contributed by atoms with E-state index in [1.165, 1.54) is 32.4 Å². The predicted molar refractivity (Wildman–Crippen MR) is 83.2 cm³/mol. The molecular formula is C16H22N4O. The molecule has 5 rings (SSSR count). The van der Waals surface area contributed by atoms with Crippen molar-refractivity contribution in [2.24, 2.45) is 5.92 Å². The molecule has 21 heavy (non-hydrogen) atoms. The summed E-state index contributed by atoms with van der Waals surface area (Å²) in [7, 11) is 0. The number of carbonyl (C=O) groups excluding carboxylic acids is 1. The van der Waals surface area contributed by atoms with Crippen LogP contribution in [-0.2, 0) is 0 Å². The first-order chi connectivity index (χ1) is 10.3. The average molecular weight is 286 g/mol. The monoisotopic (exact) mass is 286 g/mol. The second kappa shape index (κ2) is 5.15. The second-order valence-corrected chi connectivity index (χ2v) is 6.19. The SMILES string of the molecule is O=C(N[C@@H]1CN2CCCC1CC2)c1n[nH]c2ccccc12.[HH]. The van der Waals surface area contributed by atoms with Gasteiger partial charge in [-0.3, -0.25) is 9.89 Å². The summed E-state index contributed by atoms with van der Waals surface area (Å²) in [6, 6.07) is 8.03. The van der Waals surface area contributed by atoms with Crippen LogP contribution in [0.3, 0.4) is 0 Å². The first-order valence-electron chi connectivity index (χ1n) is 7.77. The van der Waals surface area contributed by atoms with E-state index < -0.39 is 0 Å². The molecule has 1 aromatic carbocycles. The minimum absolute atomic E-state index is 0. The zero-order chi connectivity index (χ0) is 14.2. The Bertz CT molecular complexity index is 667. The molecule has 0 aliphatic carbocycles. The Balaban J connectivity index is 0.00000144. The zero-order valence-electron chi connectivity index (χ0n) is 12.0. The number of hydrogen-bond donors (Lipinski definition) is 2. The van der Waals surface area contributed by atoms with Gasteiger partial charge in [0.25, 0.3) is 5.91 Å². The summed E-state index contributed by atoms with van der Waals surface area (Å²) in [6.45, 7) is 3.34. The maximum absolute atomic E-state index is 12.6. The van der Waals surface area contributed by atoms with Gasteiger partial charge in [0.05, 0.1) is 5.52 Å². The molecule has 5 nitrogen and oxygen atoms in total. The lowest BCUT2D eigenvalue weighted by atomic mass is 9.90. The highest BCUT2D eigenvalue weighted by Gasteiger charge is 2.33. The average Bonchev–Trinajstić information content (AvgIpc) is 2.68. The summed E-state index contributed by atoms with van der Waals surface area (Å²) < 4.78 is 0. The van der Waals surface area contributed by atoms with Crippen LogP contribution in [0.15, 0.2) is 24.3 Å². The van der Waals surface area contributed by atoms with Crippen molar-refractivity contribution in [2.45, 2.75) is 25.3 Å². The highest BCUT2D eigenvalue weighted by Crippen LogP contribution is 2.27. The number of para-hydroxylation sites is 1. The van der Waals surface area contributed by atoms with Crippen LogP contribution in [0.25, 0.3) is 10.9 Å². The molecule has 3 aliphatic rings. The van der Waals surface area contributed by atoms with E-state index in [4.69, 9.17) is 0 Å². The molecular weight excluding hydrogens is 264 g/mol. The van der Waals surface area contributed by atoms with Gasteiger partial charge in [0, 0.05) is 19.4 Å². The Morgan fingerprint density at radius 2 is 2.24 bits per heavy atom. The molecule has 0 saturated carbocycles. The van der Waals surface area contributed by atoms with Gasteiger partial charge in [0.15, 0.2) is 5.69 Å². The van der Waals surface area contributed by atoms with E-state index in [-0.39, 0.29) is 13.4 Å². The van der Waals surface area contributed by atoms with Gasteiger partial charge >= 0.3 is 0 Å². The van der Waals surface area contributed by atoms with Crippen LogP contribution < -0.4 is 5.32 Å². The van der Waals surface area contributed by atoms with E-state index in [1.807, 2.05) is 24.3 Å². The van der Waals surface area contributed by atoms with Crippen LogP contribution in [-0.4, -0.2) is 46.7 Å². The van der Waals surface area contributed by atoms with Gasteiger partial charge in [0.2, 0.25) is 0 Å². The van der Waals surface area contributed by atoms with Gasteiger partial charge in [-0.15, -0.1) is 0 Å². The number of H-pyrrole nitrogens is 1. The van der Waals surface area contributed by atoms with Crippen molar-refractivity contribution in [2.75, 3.05) is 19.6 Å².